The summed E-state index contributed by atoms with van der Waals surface area (Å²) < 4.78 is 45.7. The van der Waals surface area contributed by atoms with Gasteiger partial charge < -0.3 is 14.8 Å². The zero-order valence-electron chi connectivity index (χ0n) is 14.4. The summed E-state index contributed by atoms with van der Waals surface area (Å²) in [4.78, 5) is 11.9. The molecular formula is C17H24F3NO3. The van der Waals surface area contributed by atoms with Crippen LogP contribution >= 0.6 is 0 Å². The van der Waals surface area contributed by atoms with Crippen molar-refractivity contribution in [2.45, 2.75) is 45.4 Å². The summed E-state index contributed by atoms with van der Waals surface area (Å²) in [6.45, 7) is 6.25. The van der Waals surface area contributed by atoms with Gasteiger partial charge in [-0.25, -0.2) is 0 Å². The van der Waals surface area contributed by atoms with E-state index in [0.29, 0.717) is 5.75 Å². The lowest BCUT2D eigenvalue weighted by Gasteiger charge is -2.21. The van der Waals surface area contributed by atoms with Crippen LogP contribution in [0.5, 0.6) is 5.75 Å². The van der Waals surface area contributed by atoms with Crippen LogP contribution in [0.15, 0.2) is 24.3 Å². The topological polar surface area (TPSA) is 47.6 Å². The van der Waals surface area contributed by atoms with Gasteiger partial charge in [0.05, 0.1) is 6.61 Å². The fourth-order valence-electron chi connectivity index (χ4n) is 1.87. The Morgan fingerprint density at radius 2 is 1.92 bits per heavy atom. The molecule has 7 heteroatoms. The average molecular weight is 347 g/mol. The number of rotatable bonds is 7. The number of carbonyl (C=O) groups excluding carboxylic acids is 1. The molecule has 24 heavy (non-hydrogen) atoms. The Morgan fingerprint density at radius 1 is 1.25 bits per heavy atom. The molecule has 0 aliphatic carbocycles. The maximum atomic E-state index is 11.9. The number of benzene rings is 1. The minimum atomic E-state index is -4.36. The van der Waals surface area contributed by atoms with Crippen LogP contribution in [0, 0.1) is 0 Å². The lowest BCUT2D eigenvalue weighted by molar-refractivity contribution is -0.173. The first-order chi connectivity index (χ1) is 11.0. The van der Waals surface area contributed by atoms with Crippen LogP contribution < -0.4 is 10.1 Å². The zero-order valence-corrected chi connectivity index (χ0v) is 14.4. The highest BCUT2D eigenvalue weighted by Gasteiger charge is 2.27. The minimum Gasteiger partial charge on any atom is -0.481 e. The molecule has 1 aromatic carbocycles. The normalized spacial score (nSPS) is 13.5. The summed E-state index contributed by atoms with van der Waals surface area (Å²) in [6, 6.07) is 7.46. The predicted octanol–water partition coefficient (Wildman–Crippen LogP) is 3.45. The third-order valence-corrected chi connectivity index (χ3v) is 3.19. The molecule has 0 aliphatic rings. The molecule has 4 nitrogen and oxygen atoms in total. The zero-order chi connectivity index (χ0) is 18.4. The van der Waals surface area contributed by atoms with Gasteiger partial charge in [-0.1, -0.05) is 32.9 Å². The van der Waals surface area contributed by atoms with Crippen LogP contribution in [0.1, 0.15) is 33.3 Å². The van der Waals surface area contributed by atoms with E-state index in [4.69, 9.17) is 4.74 Å². The van der Waals surface area contributed by atoms with Crippen molar-refractivity contribution in [2.75, 3.05) is 19.8 Å². The molecule has 0 bridgehead atoms. The van der Waals surface area contributed by atoms with Gasteiger partial charge >= 0.3 is 6.18 Å². The van der Waals surface area contributed by atoms with Gasteiger partial charge in [0.2, 0.25) is 0 Å². The van der Waals surface area contributed by atoms with E-state index in [1.165, 1.54) is 0 Å². The average Bonchev–Trinajstić information content (AvgIpc) is 2.44. The number of alkyl halides is 3. The monoisotopic (exact) mass is 347 g/mol. The Kier molecular flexibility index (Phi) is 7.08. The highest BCUT2D eigenvalue weighted by Crippen LogP contribution is 2.26. The van der Waals surface area contributed by atoms with Crippen LogP contribution in [0.2, 0.25) is 0 Å². The van der Waals surface area contributed by atoms with E-state index >= 15 is 0 Å². The van der Waals surface area contributed by atoms with Crippen molar-refractivity contribution in [3.05, 3.63) is 29.8 Å². The van der Waals surface area contributed by atoms with Crippen LogP contribution in [0.3, 0.4) is 0 Å². The highest BCUT2D eigenvalue weighted by molar-refractivity contribution is 5.80. The molecule has 1 atom stereocenters. The van der Waals surface area contributed by atoms with Crippen LogP contribution in [0.4, 0.5) is 13.2 Å². The molecule has 0 heterocycles. The molecule has 0 saturated heterocycles. The Balaban J connectivity index is 2.42. The van der Waals surface area contributed by atoms with Gasteiger partial charge in [0.25, 0.3) is 5.91 Å². The first-order valence-electron chi connectivity index (χ1n) is 7.68. The minimum absolute atomic E-state index is 0.00928. The second-order valence-electron chi connectivity index (χ2n) is 6.50. The lowest BCUT2D eigenvalue weighted by Crippen LogP contribution is -2.38. The van der Waals surface area contributed by atoms with Crippen molar-refractivity contribution >= 4 is 5.91 Å². The summed E-state index contributed by atoms with van der Waals surface area (Å²) >= 11 is 0. The van der Waals surface area contributed by atoms with Crippen molar-refractivity contribution in [1.82, 2.24) is 5.32 Å². The fraction of sp³-hybridized carbons (Fsp3) is 0.588. The SMILES string of the molecule is CC(Oc1cccc(C(C)(C)C)c1)C(=O)NCCOCC(F)(F)F. The van der Waals surface area contributed by atoms with E-state index in [1.54, 1.807) is 13.0 Å². The second kappa shape index (κ2) is 8.37. The van der Waals surface area contributed by atoms with Crippen molar-refractivity contribution in [2.24, 2.45) is 0 Å². The summed E-state index contributed by atoms with van der Waals surface area (Å²) in [6.07, 6.45) is -5.12. The standard InChI is InChI=1S/C17H24F3NO3/c1-12(15(22)21-8-9-23-11-17(18,19)20)24-14-7-5-6-13(10-14)16(2,3)4/h5-7,10,12H,8-9,11H2,1-4H3,(H,21,22). The Hall–Kier alpha value is -1.76. The third kappa shape index (κ3) is 7.68. The molecule has 136 valence electrons. The van der Waals surface area contributed by atoms with Crippen molar-refractivity contribution < 1.29 is 27.4 Å². The summed E-state index contributed by atoms with van der Waals surface area (Å²) in [5.74, 6) is 0.158. The number of halogens is 3. The molecule has 0 spiro atoms. The molecule has 1 rings (SSSR count). The van der Waals surface area contributed by atoms with E-state index in [-0.39, 0.29) is 18.6 Å². The maximum Gasteiger partial charge on any atom is 0.411 e. The van der Waals surface area contributed by atoms with Gasteiger partial charge in [-0.3, -0.25) is 4.79 Å². The summed E-state index contributed by atoms with van der Waals surface area (Å²) in [5, 5.41) is 2.48. The molecule has 0 saturated carbocycles. The summed E-state index contributed by atoms with van der Waals surface area (Å²) in [7, 11) is 0. The molecule has 1 unspecified atom stereocenters. The smallest absolute Gasteiger partial charge is 0.411 e. The first-order valence-corrected chi connectivity index (χ1v) is 7.68. The first kappa shape index (κ1) is 20.3. The van der Waals surface area contributed by atoms with E-state index in [9.17, 15) is 18.0 Å². The number of ether oxygens (including phenoxy) is 2. The predicted molar refractivity (Wildman–Crippen MR) is 85.1 cm³/mol. The second-order valence-corrected chi connectivity index (χ2v) is 6.50. The summed E-state index contributed by atoms with van der Waals surface area (Å²) in [5.41, 5.74) is 1.04. The van der Waals surface area contributed by atoms with E-state index in [2.05, 4.69) is 30.8 Å². The number of hydrogen-bond donors (Lipinski definition) is 1. The molecular weight excluding hydrogens is 323 g/mol. The van der Waals surface area contributed by atoms with E-state index < -0.39 is 24.8 Å². The molecule has 0 radical (unpaired) electrons. The Bertz CT molecular complexity index is 539. The number of amides is 1. The van der Waals surface area contributed by atoms with Gasteiger partial charge in [-0.05, 0) is 30.0 Å². The van der Waals surface area contributed by atoms with Gasteiger partial charge in [0.1, 0.15) is 12.4 Å². The molecule has 0 aromatic heterocycles. The molecule has 1 amide bonds. The third-order valence-electron chi connectivity index (χ3n) is 3.19. The van der Waals surface area contributed by atoms with Gasteiger partial charge in [-0.15, -0.1) is 0 Å². The van der Waals surface area contributed by atoms with Gasteiger partial charge in [-0.2, -0.15) is 13.2 Å². The van der Waals surface area contributed by atoms with Gasteiger partial charge in [0, 0.05) is 6.54 Å². The lowest BCUT2D eigenvalue weighted by atomic mass is 9.87. The van der Waals surface area contributed by atoms with Crippen LogP contribution in [-0.2, 0) is 14.9 Å². The Labute approximate surface area is 140 Å². The molecule has 1 N–H and O–H groups in total. The van der Waals surface area contributed by atoms with E-state index in [1.807, 2.05) is 18.2 Å². The van der Waals surface area contributed by atoms with Crippen molar-refractivity contribution in [1.29, 1.82) is 0 Å². The van der Waals surface area contributed by atoms with Gasteiger partial charge in [0.15, 0.2) is 6.10 Å². The fourth-order valence-corrected chi connectivity index (χ4v) is 1.87. The van der Waals surface area contributed by atoms with Crippen LogP contribution in [0.25, 0.3) is 0 Å². The van der Waals surface area contributed by atoms with E-state index in [0.717, 1.165) is 5.56 Å². The maximum absolute atomic E-state index is 11.9. The quantitative estimate of drug-likeness (QED) is 0.769. The Morgan fingerprint density at radius 3 is 2.50 bits per heavy atom. The number of hydrogen-bond acceptors (Lipinski definition) is 3. The number of nitrogens with one attached hydrogen (secondary N) is 1. The van der Waals surface area contributed by atoms with Crippen LogP contribution in [-0.4, -0.2) is 37.9 Å². The molecule has 1 aromatic rings. The number of carbonyl (C=O) groups is 1. The highest BCUT2D eigenvalue weighted by atomic mass is 19.4. The molecule has 0 fully saturated rings. The molecule has 0 aliphatic heterocycles. The van der Waals surface area contributed by atoms with Crippen molar-refractivity contribution in [3.8, 4) is 5.75 Å². The largest absolute Gasteiger partial charge is 0.481 e. The van der Waals surface area contributed by atoms with Crippen molar-refractivity contribution in [3.63, 3.8) is 0 Å².